The summed E-state index contributed by atoms with van der Waals surface area (Å²) in [5.41, 5.74) is 1.26. The van der Waals surface area contributed by atoms with E-state index >= 15 is 0 Å². The molecule has 0 unspecified atom stereocenters. The van der Waals surface area contributed by atoms with Crippen molar-refractivity contribution >= 4 is 5.97 Å². The zero-order valence-corrected chi connectivity index (χ0v) is 9.77. The fourth-order valence-electron chi connectivity index (χ4n) is 3.65. The predicted octanol–water partition coefficient (Wildman–Crippen LogP) is 1.66. The summed E-state index contributed by atoms with van der Waals surface area (Å²) in [6.07, 6.45) is 4.11. The Kier molecular flexibility index (Phi) is 2.00. The summed E-state index contributed by atoms with van der Waals surface area (Å²) >= 11 is 0. The van der Waals surface area contributed by atoms with Crippen molar-refractivity contribution in [2.24, 2.45) is 17.3 Å². The summed E-state index contributed by atoms with van der Waals surface area (Å²) in [6.45, 7) is 4.43. The molecule has 1 saturated heterocycles. The highest BCUT2D eigenvalue weighted by Crippen LogP contribution is 2.54. The molecule has 2 fully saturated rings. The highest BCUT2D eigenvalue weighted by Gasteiger charge is 2.54. The van der Waals surface area contributed by atoms with E-state index in [1.807, 2.05) is 0 Å². The second kappa shape index (κ2) is 3.10. The number of carbonyl (C=O) groups excluding carboxylic acids is 1. The van der Waals surface area contributed by atoms with Crippen LogP contribution < -0.4 is 0 Å². The van der Waals surface area contributed by atoms with Gasteiger partial charge in [-0.05, 0) is 23.8 Å². The molecule has 0 spiro atoms. The lowest BCUT2D eigenvalue weighted by atomic mass is 9.65. The van der Waals surface area contributed by atoms with E-state index in [-0.39, 0.29) is 35.4 Å². The van der Waals surface area contributed by atoms with Gasteiger partial charge in [-0.3, -0.25) is 4.79 Å². The van der Waals surface area contributed by atoms with E-state index in [0.29, 0.717) is 6.42 Å². The molecule has 2 aliphatic carbocycles. The maximum atomic E-state index is 11.3. The standard InChI is InChI=1S/C13H18O3/c1-13(2)4-3-9(14)8-5-7-6-10(15)16-12(7)11(8)13/h5,7,9,11-12,14H,3-4,6H2,1-2H3/t7-,9+,11+,12+/m1/s1. The van der Waals surface area contributed by atoms with Gasteiger partial charge in [0.05, 0.1) is 12.5 Å². The SMILES string of the molecule is CC1(C)CC[C@H](O)C2=C[C@@H]3CC(=O)O[C@@H]3[C@H]21. The fraction of sp³-hybridized carbons (Fsp3) is 0.769. The first-order valence-corrected chi connectivity index (χ1v) is 6.08. The molecule has 3 heteroatoms. The van der Waals surface area contributed by atoms with Crippen LogP contribution in [0.15, 0.2) is 11.6 Å². The number of ether oxygens (including phenoxy) is 1. The lowest BCUT2D eigenvalue weighted by molar-refractivity contribution is -0.144. The van der Waals surface area contributed by atoms with Crippen molar-refractivity contribution in [1.82, 2.24) is 0 Å². The molecule has 1 heterocycles. The molecule has 3 nitrogen and oxygen atoms in total. The molecule has 3 aliphatic rings. The molecule has 0 aromatic heterocycles. The number of esters is 1. The third-order valence-electron chi connectivity index (χ3n) is 4.47. The van der Waals surface area contributed by atoms with Gasteiger partial charge in [0.2, 0.25) is 0 Å². The fourth-order valence-corrected chi connectivity index (χ4v) is 3.65. The monoisotopic (exact) mass is 222 g/mol. The normalized spacial score (nSPS) is 44.7. The largest absolute Gasteiger partial charge is 0.461 e. The van der Waals surface area contributed by atoms with Gasteiger partial charge in [0.1, 0.15) is 6.10 Å². The van der Waals surface area contributed by atoms with Crippen LogP contribution in [0.5, 0.6) is 0 Å². The topological polar surface area (TPSA) is 46.5 Å². The van der Waals surface area contributed by atoms with Crippen LogP contribution in [0.25, 0.3) is 0 Å². The highest BCUT2D eigenvalue weighted by molar-refractivity contribution is 5.73. The lowest BCUT2D eigenvalue weighted by Crippen LogP contribution is -2.41. The maximum Gasteiger partial charge on any atom is 0.306 e. The van der Waals surface area contributed by atoms with Gasteiger partial charge in [-0.2, -0.15) is 0 Å². The van der Waals surface area contributed by atoms with Crippen molar-refractivity contribution < 1.29 is 14.6 Å². The summed E-state index contributed by atoms with van der Waals surface area (Å²) < 4.78 is 5.44. The van der Waals surface area contributed by atoms with Crippen molar-refractivity contribution in [2.45, 2.75) is 45.3 Å². The first-order valence-electron chi connectivity index (χ1n) is 6.08. The first kappa shape index (κ1) is 10.3. The van der Waals surface area contributed by atoms with E-state index in [1.54, 1.807) is 0 Å². The van der Waals surface area contributed by atoms with E-state index in [1.165, 1.54) is 0 Å². The molecule has 1 N–H and O–H groups in total. The molecule has 16 heavy (non-hydrogen) atoms. The van der Waals surface area contributed by atoms with Gasteiger partial charge in [-0.25, -0.2) is 0 Å². The number of hydrogen-bond acceptors (Lipinski definition) is 3. The molecular weight excluding hydrogens is 204 g/mol. The van der Waals surface area contributed by atoms with Crippen LogP contribution in [-0.2, 0) is 9.53 Å². The minimum atomic E-state index is -0.317. The molecule has 0 aromatic carbocycles. The number of aliphatic hydroxyl groups is 1. The zero-order chi connectivity index (χ0) is 11.5. The Hall–Kier alpha value is -0.830. The minimum Gasteiger partial charge on any atom is -0.461 e. The Morgan fingerprint density at radius 1 is 1.50 bits per heavy atom. The Labute approximate surface area is 95.5 Å². The molecule has 1 saturated carbocycles. The van der Waals surface area contributed by atoms with Crippen LogP contribution in [-0.4, -0.2) is 23.3 Å². The molecule has 1 aliphatic heterocycles. The van der Waals surface area contributed by atoms with Crippen LogP contribution in [0, 0.1) is 17.3 Å². The second-order valence-electron chi connectivity index (χ2n) is 6.01. The molecular formula is C13H18O3. The quantitative estimate of drug-likeness (QED) is 0.501. The van der Waals surface area contributed by atoms with E-state index < -0.39 is 0 Å². The predicted molar refractivity (Wildman–Crippen MR) is 58.6 cm³/mol. The van der Waals surface area contributed by atoms with Crippen molar-refractivity contribution in [2.75, 3.05) is 0 Å². The van der Waals surface area contributed by atoms with Gasteiger partial charge in [-0.1, -0.05) is 19.9 Å². The van der Waals surface area contributed by atoms with Crippen LogP contribution in [0.4, 0.5) is 0 Å². The molecule has 0 radical (unpaired) electrons. The van der Waals surface area contributed by atoms with Crippen molar-refractivity contribution in [3.8, 4) is 0 Å². The number of carbonyl (C=O) groups is 1. The summed E-state index contributed by atoms with van der Waals surface area (Å²) in [4.78, 5) is 11.3. The molecule has 88 valence electrons. The van der Waals surface area contributed by atoms with E-state index in [0.717, 1.165) is 18.4 Å². The smallest absolute Gasteiger partial charge is 0.306 e. The summed E-state index contributed by atoms with van der Waals surface area (Å²) in [6, 6.07) is 0. The van der Waals surface area contributed by atoms with Gasteiger partial charge < -0.3 is 9.84 Å². The third kappa shape index (κ3) is 1.27. The Bertz CT molecular complexity index is 369. The van der Waals surface area contributed by atoms with Gasteiger partial charge in [0.15, 0.2) is 0 Å². The molecule has 4 atom stereocenters. The van der Waals surface area contributed by atoms with Crippen molar-refractivity contribution in [1.29, 1.82) is 0 Å². The van der Waals surface area contributed by atoms with E-state index in [2.05, 4.69) is 19.9 Å². The molecule has 3 rings (SSSR count). The Balaban J connectivity index is 1.98. The number of aliphatic hydroxyl groups excluding tert-OH is 1. The van der Waals surface area contributed by atoms with E-state index in [4.69, 9.17) is 4.74 Å². The van der Waals surface area contributed by atoms with Crippen LogP contribution in [0.3, 0.4) is 0 Å². The zero-order valence-electron chi connectivity index (χ0n) is 9.77. The lowest BCUT2D eigenvalue weighted by Gasteiger charge is -2.42. The molecule has 0 bridgehead atoms. The van der Waals surface area contributed by atoms with Gasteiger partial charge in [0, 0.05) is 11.8 Å². The molecule has 0 aromatic rings. The number of fused-ring (bicyclic) bond motifs is 3. The first-order chi connectivity index (χ1) is 7.49. The number of hydrogen-bond donors (Lipinski definition) is 1. The van der Waals surface area contributed by atoms with Crippen LogP contribution in [0.1, 0.15) is 33.1 Å². The Morgan fingerprint density at radius 2 is 2.25 bits per heavy atom. The minimum absolute atomic E-state index is 0.00699. The van der Waals surface area contributed by atoms with Gasteiger partial charge in [-0.15, -0.1) is 0 Å². The van der Waals surface area contributed by atoms with Crippen LogP contribution >= 0.6 is 0 Å². The van der Waals surface area contributed by atoms with Gasteiger partial charge in [0.25, 0.3) is 0 Å². The second-order valence-corrected chi connectivity index (χ2v) is 6.01. The maximum absolute atomic E-state index is 11.3. The van der Waals surface area contributed by atoms with Gasteiger partial charge >= 0.3 is 5.97 Å². The summed E-state index contributed by atoms with van der Waals surface area (Å²) in [5, 5.41) is 10.0. The van der Waals surface area contributed by atoms with E-state index in [9.17, 15) is 9.90 Å². The summed E-state index contributed by atoms with van der Waals surface area (Å²) in [5.74, 6) is 0.355. The van der Waals surface area contributed by atoms with Crippen LogP contribution in [0.2, 0.25) is 0 Å². The summed E-state index contributed by atoms with van der Waals surface area (Å²) in [7, 11) is 0. The average Bonchev–Trinajstić information content (AvgIpc) is 2.67. The number of rotatable bonds is 0. The van der Waals surface area contributed by atoms with Crippen molar-refractivity contribution in [3.63, 3.8) is 0 Å². The Morgan fingerprint density at radius 3 is 3.00 bits per heavy atom. The highest BCUT2D eigenvalue weighted by atomic mass is 16.6. The average molecular weight is 222 g/mol. The van der Waals surface area contributed by atoms with Crippen molar-refractivity contribution in [3.05, 3.63) is 11.6 Å². The third-order valence-corrected chi connectivity index (χ3v) is 4.47. The molecule has 0 amide bonds.